The molecule has 2 atom stereocenters. The quantitative estimate of drug-likeness (QED) is 0.592. The summed E-state index contributed by atoms with van der Waals surface area (Å²) in [7, 11) is 0. The highest BCUT2D eigenvalue weighted by molar-refractivity contribution is 5.65. The molecule has 12 heavy (non-hydrogen) atoms. The van der Waals surface area contributed by atoms with E-state index in [9.17, 15) is 4.79 Å². The van der Waals surface area contributed by atoms with Crippen molar-refractivity contribution in [2.24, 2.45) is 0 Å². The first-order valence-corrected chi connectivity index (χ1v) is 4.47. The van der Waals surface area contributed by atoms with E-state index in [0.29, 0.717) is 12.7 Å². The van der Waals surface area contributed by atoms with Crippen molar-refractivity contribution in [1.29, 1.82) is 0 Å². The van der Waals surface area contributed by atoms with Gasteiger partial charge in [0.15, 0.2) is 0 Å². The van der Waals surface area contributed by atoms with E-state index in [2.05, 4.69) is 6.92 Å². The lowest BCUT2D eigenvalue weighted by atomic mass is 10.1. The highest BCUT2D eigenvalue weighted by atomic mass is 16.6. The molecule has 0 aliphatic carbocycles. The van der Waals surface area contributed by atoms with E-state index in [0.717, 1.165) is 12.8 Å². The predicted octanol–water partition coefficient (Wildman–Crippen LogP) is 1.51. The number of ether oxygens (including phenoxy) is 2. The van der Waals surface area contributed by atoms with Crippen LogP contribution in [-0.4, -0.2) is 24.8 Å². The molecule has 1 fully saturated rings. The van der Waals surface area contributed by atoms with Gasteiger partial charge in [0.25, 0.3) is 0 Å². The molecule has 0 aromatic carbocycles. The molecule has 1 aliphatic heterocycles. The molecular weight excluding hydrogens is 156 g/mol. The van der Waals surface area contributed by atoms with Gasteiger partial charge in [-0.15, -0.1) is 0 Å². The molecule has 0 radical (unpaired) electrons. The molecule has 1 unspecified atom stereocenters. The first-order valence-electron chi connectivity index (χ1n) is 4.47. The van der Waals surface area contributed by atoms with Crippen LogP contribution in [0.25, 0.3) is 0 Å². The van der Waals surface area contributed by atoms with Crippen LogP contribution in [0.3, 0.4) is 0 Å². The Morgan fingerprint density at radius 1 is 1.58 bits per heavy atom. The summed E-state index contributed by atoms with van der Waals surface area (Å²) in [5.74, 6) is -0.225. The van der Waals surface area contributed by atoms with E-state index in [1.807, 2.05) is 0 Å². The molecule has 1 rings (SSSR count). The normalized spacial score (nSPS) is 29.8. The monoisotopic (exact) mass is 172 g/mol. The molecule has 0 bridgehead atoms. The number of rotatable bonds is 2. The van der Waals surface area contributed by atoms with Crippen LogP contribution in [0.2, 0.25) is 0 Å². The summed E-state index contributed by atoms with van der Waals surface area (Å²) in [5.41, 5.74) is 0. The minimum absolute atomic E-state index is 0.123. The van der Waals surface area contributed by atoms with Gasteiger partial charge in [0.1, 0.15) is 6.61 Å². The van der Waals surface area contributed by atoms with E-state index in [4.69, 9.17) is 9.47 Å². The van der Waals surface area contributed by atoms with Crippen LogP contribution in [0, 0.1) is 0 Å². The van der Waals surface area contributed by atoms with Gasteiger partial charge in [-0.05, 0) is 26.2 Å². The van der Waals surface area contributed by atoms with Gasteiger partial charge in [-0.2, -0.15) is 0 Å². The molecule has 0 spiro atoms. The Hall–Kier alpha value is -0.570. The van der Waals surface area contributed by atoms with E-state index < -0.39 is 0 Å². The van der Waals surface area contributed by atoms with Crippen LogP contribution < -0.4 is 0 Å². The highest BCUT2D eigenvalue weighted by Crippen LogP contribution is 2.18. The average Bonchev–Trinajstić information content (AvgIpc) is 2.01. The van der Waals surface area contributed by atoms with Crippen molar-refractivity contribution in [2.75, 3.05) is 6.61 Å². The van der Waals surface area contributed by atoms with Crippen LogP contribution in [0.15, 0.2) is 0 Å². The minimum Gasteiger partial charge on any atom is -0.463 e. The zero-order valence-electron chi connectivity index (χ0n) is 7.71. The average molecular weight is 172 g/mol. The molecule has 1 heterocycles. The van der Waals surface area contributed by atoms with Crippen LogP contribution >= 0.6 is 0 Å². The van der Waals surface area contributed by atoms with Gasteiger partial charge in [0, 0.05) is 6.92 Å². The Morgan fingerprint density at radius 3 is 2.92 bits per heavy atom. The van der Waals surface area contributed by atoms with Crippen LogP contribution in [-0.2, 0) is 14.3 Å². The second-order valence-electron chi connectivity index (χ2n) is 3.30. The van der Waals surface area contributed by atoms with Crippen LogP contribution in [0.1, 0.15) is 33.1 Å². The van der Waals surface area contributed by atoms with Gasteiger partial charge in [-0.25, -0.2) is 0 Å². The third-order valence-corrected chi connectivity index (χ3v) is 2.03. The first-order chi connectivity index (χ1) is 5.68. The van der Waals surface area contributed by atoms with E-state index >= 15 is 0 Å². The summed E-state index contributed by atoms with van der Waals surface area (Å²) < 4.78 is 10.4. The molecule has 0 N–H and O–H groups in total. The fraction of sp³-hybridized carbons (Fsp3) is 0.889. The molecule has 3 nitrogen and oxygen atoms in total. The maximum Gasteiger partial charge on any atom is 0.302 e. The topological polar surface area (TPSA) is 35.5 Å². The minimum atomic E-state index is -0.225. The van der Waals surface area contributed by atoms with Crippen LogP contribution in [0.5, 0.6) is 0 Å². The van der Waals surface area contributed by atoms with Crippen molar-refractivity contribution in [3.05, 3.63) is 0 Å². The van der Waals surface area contributed by atoms with Crippen molar-refractivity contribution < 1.29 is 14.3 Å². The number of hydrogen-bond donors (Lipinski definition) is 0. The fourth-order valence-corrected chi connectivity index (χ4v) is 1.43. The molecule has 0 saturated carbocycles. The van der Waals surface area contributed by atoms with E-state index in [-0.39, 0.29) is 12.1 Å². The third-order valence-electron chi connectivity index (χ3n) is 2.03. The van der Waals surface area contributed by atoms with Crippen LogP contribution in [0.4, 0.5) is 0 Å². The Balaban J connectivity index is 2.18. The lowest BCUT2D eigenvalue weighted by Crippen LogP contribution is -2.29. The van der Waals surface area contributed by atoms with Gasteiger partial charge in [-0.3, -0.25) is 4.79 Å². The zero-order chi connectivity index (χ0) is 8.97. The largest absolute Gasteiger partial charge is 0.463 e. The van der Waals surface area contributed by atoms with Crippen molar-refractivity contribution in [2.45, 2.75) is 45.3 Å². The predicted molar refractivity (Wildman–Crippen MR) is 44.8 cm³/mol. The SMILES string of the molecule is CC(=O)OCC1CCC[C@H](C)O1. The molecule has 70 valence electrons. The second-order valence-corrected chi connectivity index (χ2v) is 3.30. The van der Waals surface area contributed by atoms with Crippen molar-refractivity contribution in [1.82, 2.24) is 0 Å². The summed E-state index contributed by atoms with van der Waals surface area (Å²) in [6.07, 6.45) is 3.75. The maximum atomic E-state index is 10.5. The van der Waals surface area contributed by atoms with Gasteiger partial charge in [0.05, 0.1) is 12.2 Å². The zero-order valence-corrected chi connectivity index (χ0v) is 7.71. The van der Waals surface area contributed by atoms with E-state index in [1.54, 1.807) is 0 Å². The van der Waals surface area contributed by atoms with E-state index in [1.165, 1.54) is 13.3 Å². The lowest BCUT2D eigenvalue weighted by molar-refractivity contribution is -0.148. The third kappa shape index (κ3) is 3.22. The van der Waals surface area contributed by atoms with Gasteiger partial charge < -0.3 is 9.47 Å². The Kier molecular flexibility index (Phi) is 3.53. The molecular formula is C9H16O3. The Bertz CT molecular complexity index is 156. The molecule has 0 aromatic rings. The summed E-state index contributed by atoms with van der Waals surface area (Å²) >= 11 is 0. The molecule has 3 heteroatoms. The number of carbonyl (C=O) groups excluding carboxylic acids is 1. The number of hydrogen-bond acceptors (Lipinski definition) is 3. The van der Waals surface area contributed by atoms with Gasteiger partial charge >= 0.3 is 5.97 Å². The lowest BCUT2D eigenvalue weighted by Gasteiger charge is -2.27. The van der Waals surface area contributed by atoms with Gasteiger partial charge in [-0.1, -0.05) is 0 Å². The summed E-state index contributed by atoms with van der Waals surface area (Å²) in [5, 5.41) is 0. The van der Waals surface area contributed by atoms with Crippen molar-refractivity contribution in [3.63, 3.8) is 0 Å². The maximum absolute atomic E-state index is 10.5. The second kappa shape index (κ2) is 4.45. The van der Waals surface area contributed by atoms with Gasteiger partial charge in [0.2, 0.25) is 0 Å². The number of esters is 1. The number of carbonyl (C=O) groups is 1. The highest BCUT2D eigenvalue weighted by Gasteiger charge is 2.19. The summed E-state index contributed by atoms with van der Waals surface area (Å²) in [6.45, 7) is 3.89. The smallest absolute Gasteiger partial charge is 0.302 e. The molecule has 1 saturated heterocycles. The summed E-state index contributed by atoms with van der Waals surface area (Å²) in [6, 6.07) is 0. The molecule has 1 aliphatic rings. The Labute approximate surface area is 73.0 Å². The summed E-state index contributed by atoms with van der Waals surface area (Å²) in [4.78, 5) is 10.5. The first kappa shape index (κ1) is 9.52. The fourth-order valence-electron chi connectivity index (χ4n) is 1.43. The molecule has 0 amide bonds. The Morgan fingerprint density at radius 2 is 2.33 bits per heavy atom. The van der Waals surface area contributed by atoms with Crippen molar-refractivity contribution >= 4 is 5.97 Å². The molecule has 0 aromatic heterocycles. The standard InChI is InChI=1S/C9H16O3/c1-7-4-3-5-9(12-7)6-11-8(2)10/h7,9H,3-6H2,1-2H3/t7-,9?/m0/s1. The van der Waals surface area contributed by atoms with Crippen molar-refractivity contribution in [3.8, 4) is 0 Å².